The highest BCUT2D eigenvalue weighted by Crippen LogP contribution is 2.40. The van der Waals surface area contributed by atoms with Gasteiger partial charge in [0, 0.05) is 29.1 Å². The Kier molecular flexibility index (Phi) is 6.56. The molecule has 2 aromatic heterocycles. The molecule has 3 aromatic carbocycles. The summed E-state index contributed by atoms with van der Waals surface area (Å²) >= 11 is 0. The van der Waals surface area contributed by atoms with Gasteiger partial charge in [-0.05, 0) is 68.2 Å². The number of ketones is 1. The van der Waals surface area contributed by atoms with Crippen molar-refractivity contribution in [3.8, 4) is 16.9 Å². The van der Waals surface area contributed by atoms with E-state index in [4.69, 9.17) is 13.6 Å². The van der Waals surface area contributed by atoms with Gasteiger partial charge < -0.3 is 13.6 Å². The van der Waals surface area contributed by atoms with E-state index < -0.39 is 5.63 Å². The number of furan rings is 1. The summed E-state index contributed by atoms with van der Waals surface area (Å²) in [7, 11) is 0. The predicted molar refractivity (Wildman–Crippen MR) is 148 cm³/mol. The highest BCUT2D eigenvalue weighted by molar-refractivity contribution is 6.20. The van der Waals surface area contributed by atoms with Crippen LogP contribution in [0.15, 0.2) is 86.4 Å². The maximum atomic E-state index is 13.9. The minimum Gasteiger partial charge on any atom is -0.492 e. The molecule has 1 saturated heterocycles. The van der Waals surface area contributed by atoms with E-state index in [0.717, 1.165) is 36.1 Å². The van der Waals surface area contributed by atoms with Gasteiger partial charge in [0.15, 0.2) is 5.76 Å². The number of fused-ring (bicyclic) bond motifs is 3. The average Bonchev–Trinajstić information content (AvgIpc) is 3.34. The van der Waals surface area contributed by atoms with E-state index in [9.17, 15) is 9.59 Å². The van der Waals surface area contributed by atoms with E-state index in [-0.39, 0.29) is 11.5 Å². The number of aryl methyl sites for hydroxylation is 1. The van der Waals surface area contributed by atoms with Gasteiger partial charge in [0.25, 0.3) is 0 Å². The van der Waals surface area contributed by atoms with Gasteiger partial charge in [0.05, 0.1) is 5.39 Å². The molecule has 0 amide bonds. The molecule has 38 heavy (non-hydrogen) atoms. The van der Waals surface area contributed by atoms with Gasteiger partial charge in [0.2, 0.25) is 5.78 Å². The second-order valence-electron chi connectivity index (χ2n) is 9.84. The Hall–Kier alpha value is -4.16. The molecule has 6 heteroatoms. The third-order valence-corrected chi connectivity index (χ3v) is 7.26. The van der Waals surface area contributed by atoms with Crippen molar-refractivity contribution in [2.75, 3.05) is 26.2 Å². The fourth-order valence-corrected chi connectivity index (χ4v) is 5.34. The summed E-state index contributed by atoms with van der Waals surface area (Å²) in [6.45, 7) is 5.55. The van der Waals surface area contributed by atoms with Gasteiger partial charge in [-0.25, -0.2) is 4.79 Å². The van der Waals surface area contributed by atoms with Crippen molar-refractivity contribution in [2.45, 2.75) is 26.2 Å². The first kappa shape index (κ1) is 24.2. The molecule has 0 aliphatic carbocycles. The Balaban J connectivity index is 1.40. The monoisotopic (exact) mass is 507 g/mol. The number of carbonyl (C=O) groups excluding carboxylic acids is 1. The molecule has 0 saturated carbocycles. The third-order valence-electron chi connectivity index (χ3n) is 7.26. The molecular formula is C32H29NO5. The van der Waals surface area contributed by atoms with Crippen molar-refractivity contribution in [1.82, 2.24) is 4.90 Å². The van der Waals surface area contributed by atoms with Crippen LogP contribution in [0.2, 0.25) is 0 Å². The minimum atomic E-state index is -0.440. The zero-order chi connectivity index (χ0) is 26.1. The van der Waals surface area contributed by atoms with Crippen LogP contribution in [0, 0.1) is 6.92 Å². The number of ether oxygens (including phenoxy) is 1. The van der Waals surface area contributed by atoms with E-state index >= 15 is 0 Å². The van der Waals surface area contributed by atoms with Crippen LogP contribution in [-0.4, -0.2) is 36.9 Å². The molecule has 0 bridgehead atoms. The van der Waals surface area contributed by atoms with E-state index in [0.29, 0.717) is 40.0 Å². The van der Waals surface area contributed by atoms with Gasteiger partial charge in [-0.15, -0.1) is 0 Å². The van der Waals surface area contributed by atoms with Crippen LogP contribution >= 0.6 is 0 Å². The van der Waals surface area contributed by atoms with Crippen LogP contribution in [-0.2, 0) is 0 Å². The standard InChI is InChI=1S/C32H29NO5/c1-21-19-27(34)38-31-25(21)13-14-26-29(31)28(22-9-4-2-5-10-22)32(37-26)30(35)23-11-8-12-24(20-23)36-18-17-33-15-6-3-7-16-33/h2,4-5,8-14,19-20H,3,6-7,15-18H2,1H3. The minimum absolute atomic E-state index is 0.202. The molecule has 6 nitrogen and oxygen atoms in total. The van der Waals surface area contributed by atoms with Crippen molar-refractivity contribution in [1.29, 1.82) is 0 Å². The van der Waals surface area contributed by atoms with Gasteiger partial charge in [0.1, 0.15) is 23.5 Å². The number of likely N-dealkylation sites (tertiary alicyclic amines) is 1. The number of hydrogen-bond donors (Lipinski definition) is 0. The summed E-state index contributed by atoms with van der Waals surface area (Å²) in [6, 6.07) is 22.0. The highest BCUT2D eigenvalue weighted by Gasteiger charge is 2.26. The fourth-order valence-electron chi connectivity index (χ4n) is 5.34. The Labute approximate surface area is 220 Å². The zero-order valence-electron chi connectivity index (χ0n) is 21.4. The van der Waals surface area contributed by atoms with E-state index in [1.807, 2.05) is 61.5 Å². The number of benzene rings is 3. The summed E-state index contributed by atoms with van der Waals surface area (Å²) in [5.74, 6) is 0.593. The molecule has 0 radical (unpaired) electrons. The van der Waals surface area contributed by atoms with Crippen LogP contribution in [0.25, 0.3) is 33.1 Å². The first-order valence-electron chi connectivity index (χ1n) is 13.1. The van der Waals surface area contributed by atoms with Gasteiger partial charge in [-0.2, -0.15) is 0 Å². The topological polar surface area (TPSA) is 72.9 Å². The molecular weight excluding hydrogens is 478 g/mol. The molecule has 3 heterocycles. The van der Waals surface area contributed by atoms with E-state index in [2.05, 4.69) is 4.90 Å². The lowest BCUT2D eigenvalue weighted by Crippen LogP contribution is -2.33. The lowest BCUT2D eigenvalue weighted by atomic mass is 9.96. The van der Waals surface area contributed by atoms with Crippen LogP contribution in [0.4, 0.5) is 0 Å². The maximum absolute atomic E-state index is 13.9. The summed E-state index contributed by atoms with van der Waals surface area (Å²) in [4.78, 5) is 28.6. The molecule has 0 N–H and O–H groups in total. The second-order valence-corrected chi connectivity index (χ2v) is 9.84. The lowest BCUT2D eigenvalue weighted by molar-refractivity contribution is 0.101. The molecule has 1 aliphatic heterocycles. The van der Waals surface area contributed by atoms with Crippen molar-refractivity contribution in [3.05, 3.63) is 100 Å². The zero-order valence-corrected chi connectivity index (χ0v) is 21.4. The quantitative estimate of drug-likeness (QED) is 0.182. The predicted octanol–water partition coefficient (Wildman–Crippen LogP) is 6.61. The molecule has 1 fully saturated rings. The number of carbonyl (C=O) groups is 1. The van der Waals surface area contributed by atoms with Crippen molar-refractivity contribution >= 4 is 27.7 Å². The molecule has 0 unspecified atom stereocenters. The highest BCUT2D eigenvalue weighted by atomic mass is 16.5. The van der Waals surface area contributed by atoms with Crippen LogP contribution in [0.5, 0.6) is 5.75 Å². The summed E-state index contributed by atoms with van der Waals surface area (Å²) in [5.41, 5.74) is 3.16. The SMILES string of the molecule is Cc1cc(=O)oc2c1ccc1oc(C(=O)c3cccc(OCCN4CCCCC4)c3)c(-c3ccccc3)c12. The van der Waals surface area contributed by atoms with Crippen molar-refractivity contribution in [2.24, 2.45) is 0 Å². The summed E-state index contributed by atoms with van der Waals surface area (Å²) in [5, 5.41) is 1.42. The van der Waals surface area contributed by atoms with Crippen LogP contribution in [0.1, 0.15) is 40.9 Å². The van der Waals surface area contributed by atoms with Gasteiger partial charge in [-0.1, -0.05) is 48.9 Å². The average molecular weight is 508 g/mol. The third kappa shape index (κ3) is 4.63. The van der Waals surface area contributed by atoms with E-state index in [1.165, 1.54) is 25.3 Å². The number of hydrogen-bond acceptors (Lipinski definition) is 6. The van der Waals surface area contributed by atoms with Crippen LogP contribution in [0.3, 0.4) is 0 Å². The summed E-state index contributed by atoms with van der Waals surface area (Å²) in [6.07, 6.45) is 3.78. The number of nitrogens with zero attached hydrogens (tertiary/aromatic N) is 1. The number of rotatable bonds is 7. The Bertz CT molecular complexity index is 1680. The molecule has 0 atom stereocenters. The molecule has 1 aliphatic rings. The lowest BCUT2D eigenvalue weighted by Gasteiger charge is -2.26. The summed E-state index contributed by atoms with van der Waals surface area (Å²) < 4.78 is 17.9. The largest absolute Gasteiger partial charge is 0.492 e. The van der Waals surface area contributed by atoms with Crippen molar-refractivity contribution < 1.29 is 18.4 Å². The Morgan fingerprint density at radius 2 is 1.74 bits per heavy atom. The molecule has 0 spiro atoms. The second kappa shape index (κ2) is 10.3. The first-order valence-corrected chi connectivity index (χ1v) is 13.1. The Morgan fingerprint density at radius 1 is 0.921 bits per heavy atom. The number of piperidine rings is 1. The van der Waals surface area contributed by atoms with Gasteiger partial charge >= 0.3 is 5.63 Å². The molecule has 5 aromatic rings. The first-order chi connectivity index (χ1) is 18.6. The van der Waals surface area contributed by atoms with Crippen molar-refractivity contribution in [3.63, 3.8) is 0 Å². The normalized spacial score (nSPS) is 14.2. The fraction of sp³-hybridized carbons (Fsp3) is 0.250. The molecule has 192 valence electrons. The molecule has 6 rings (SSSR count). The Morgan fingerprint density at radius 3 is 2.55 bits per heavy atom. The smallest absolute Gasteiger partial charge is 0.336 e. The van der Waals surface area contributed by atoms with Crippen LogP contribution < -0.4 is 10.4 Å². The maximum Gasteiger partial charge on any atom is 0.336 e. The van der Waals surface area contributed by atoms with Gasteiger partial charge in [-0.3, -0.25) is 9.69 Å². The van der Waals surface area contributed by atoms with E-state index in [1.54, 1.807) is 12.1 Å².